The highest BCUT2D eigenvalue weighted by molar-refractivity contribution is 7.80. The summed E-state index contributed by atoms with van der Waals surface area (Å²) in [5.41, 5.74) is 10.0. The summed E-state index contributed by atoms with van der Waals surface area (Å²) in [5.74, 6) is -4.49. The highest BCUT2D eigenvalue weighted by Gasteiger charge is 2.27. The summed E-state index contributed by atoms with van der Waals surface area (Å²) in [7, 11) is 0. The first-order valence-electron chi connectivity index (χ1n) is 6.84. The van der Waals surface area contributed by atoms with Crippen molar-refractivity contribution in [3.63, 3.8) is 0 Å². The van der Waals surface area contributed by atoms with Gasteiger partial charge >= 0.3 is 5.97 Å². The topological polar surface area (TPSA) is 194 Å². The number of hydrogen-bond donors (Lipinski definition) is 7. The number of primary amides is 1. The second kappa shape index (κ2) is 10.4. The molecule has 136 valence electrons. The minimum Gasteiger partial charge on any atom is -0.480 e. The normalized spacial score (nSPS) is 14.0. The Bertz CT molecular complexity index is 514. The number of carboxylic acids is 1. The Morgan fingerprint density at radius 2 is 1.62 bits per heavy atom. The van der Waals surface area contributed by atoms with Crippen molar-refractivity contribution in [2.45, 2.75) is 31.5 Å². The van der Waals surface area contributed by atoms with E-state index in [0.29, 0.717) is 0 Å². The van der Waals surface area contributed by atoms with Crippen LogP contribution in [0.15, 0.2) is 0 Å². The van der Waals surface area contributed by atoms with Crippen molar-refractivity contribution in [3.05, 3.63) is 0 Å². The number of carbonyl (C=O) groups excluding carboxylic acids is 4. The number of carboxylic acid groups (broad SMARTS) is 1. The second-order valence-corrected chi connectivity index (χ2v) is 5.17. The number of amides is 4. The third-order valence-electron chi connectivity index (χ3n) is 2.79. The van der Waals surface area contributed by atoms with Gasteiger partial charge in [-0.1, -0.05) is 0 Å². The van der Waals surface area contributed by atoms with Gasteiger partial charge in [0, 0.05) is 5.75 Å². The molecule has 0 aromatic rings. The monoisotopic (exact) mass is 363 g/mol. The van der Waals surface area contributed by atoms with E-state index in [9.17, 15) is 24.0 Å². The fourth-order valence-corrected chi connectivity index (χ4v) is 1.78. The average molecular weight is 363 g/mol. The van der Waals surface area contributed by atoms with Crippen molar-refractivity contribution < 1.29 is 29.1 Å². The van der Waals surface area contributed by atoms with E-state index in [1.54, 1.807) is 0 Å². The van der Waals surface area contributed by atoms with Crippen LogP contribution in [-0.4, -0.2) is 65.1 Å². The van der Waals surface area contributed by atoms with E-state index in [0.717, 1.165) is 0 Å². The number of nitrogens with one attached hydrogen (secondary N) is 3. The van der Waals surface area contributed by atoms with Crippen LogP contribution in [0.25, 0.3) is 0 Å². The van der Waals surface area contributed by atoms with Crippen LogP contribution in [0, 0.1) is 0 Å². The van der Waals surface area contributed by atoms with Crippen molar-refractivity contribution in [2.75, 3.05) is 12.3 Å². The molecule has 0 heterocycles. The van der Waals surface area contributed by atoms with Gasteiger partial charge in [0.1, 0.15) is 18.1 Å². The van der Waals surface area contributed by atoms with Gasteiger partial charge in [-0.15, -0.1) is 0 Å². The van der Waals surface area contributed by atoms with Crippen molar-refractivity contribution >= 4 is 42.2 Å². The lowest BCUT2D eigenvalue weighted by Crippen LogP contribution is -2.56. The first-order chi connectivity index (χ1) is 11.1. The van der Waals surface area contributed by atoms with Crippen molar-refractivity contribution in [1.29, 1.82) is 0 Å². The molecule has 3 atom stereocenters. The molecule has 11 nitrogen and oxygen atoms in total. The van der Waals surface area contributed by atoms with Crippen LogP contribution in [0.5, 0.6) is 0 Å². The summed E-state index contributed by atoms with van der Waals surface area (Å²) >= 11 is 3.92. The lowest BCUT2D eigenvalue weighted by atomic mass is 10.1. The van der Waals surface area contributed by atoms with Crippen LogP contribution in [0.2, 0.25) is 0 Å². The summed E-state index contributed by atoms with van der Waals surface area (Å²) in [4.78, 5) is 56.8. The highest BCUT2D eigenvalue weighted by Crippen LogP contribution is 1.96. The standard InChI is InChI=1S/C12H21N5O6S/c1-5(10(20)17-6(12(22)23)2-8(14)18)15-11(21)7(4-24)16-9(19)3-13/h5-7,24H,2-4,13H2,1H3,(H2,14,18)(H,15,21)(H,16,19)(H,17,20)(H,22,23). The van der Waals surface area contributed by atoms with Gasteiger partial charge in [-0.25, -0.2) is 4.79 Å². The molecule has 0 spiro atoms. The molecule has 0 aliphatic heterocycles. The average Bonchev–Trinajstić information content (AvgIpc) is 2.50. The van der Waals surface area contributed by atoms with Gasteiger partial charge in [-0.2, -0.15) is 12.6 Å². The van der Waals surface area contributed by atoms with Crippen LogP contribution in [0.1, 0.15) is 13.3 Å². The molecule has 0 radical (unpaired) electrons. The summed E-state index contributed by atoms with van der Waals surface area (Å²) in [6.07, 6.45) is -0.590. The van der Waals surface area contributed by atoms with Gasteiger partial charge in [-0.3, -0.25) is 19.2 Å². The summed E-state index contributed by atoms with van der Waals surface area (Å²) < 4.78 is 0. The van der Waals surface area contributed by atoms with Gasteiger partial charge in [0.25, 0.3) is 0 Å². The van der Waals surface area contributed by atoms with Gasteiger partial charge < -0.3 is 32.5 Å². The molecule has 0 aromatic carbocycles. The van der Waals surface area contributed by atoms with E-state index in [1.165, 1.54) is 6.92 Å². The van der Waals surface area contributed by atoms with E-state index in [1.807, 2.05) is 0 Å². The molecule has 12 heteroatoms. The predicted octanol–water partition coefficient (Wildman–Crippen LogP) is -3.69. The molecule has 8 N–H and O–H groups in total. The third kappa shape index (κ3) is 7.78. The Morgan fingerprint density at radius 3 is 2.04 bits per heavy atom. The Kier molecular flexibility index (Phi) is 9.42. The number of carbonyl (C=O) groups is 5. The quantitative estimate of drug-likeness (QED) is 0.194. The zero-order chi connectivity index (χ0) is 18.9. The van der Waals surface area contributed by atoms with E-state index < -0.39 is 54.1 Å². The Labute approximate surface area is 143 Å². The molecule has 0 bridgehead atoms. The lowest BCUT2D eigenvalue weighted by molar-refractivity contribution is -0.143. The van der Waals surface area contributed by atoms with Gasteiger partial charge in [0.15, 0.2) is 0 Å². The zero-order valence-electron chi connectivity index (χ0n) is 12.9. The third-order valence-corrected chi connectivity index (χ3v) is 3.16. The fourth-order valence-electron chi connectivity index (χ4n) is 1.52. The summed E-state index contributed by atoms with van der Waals surface area (Å²) in [5, 5.41) is 15.6. The van der Waals surface area contributed by atoms with E-state index in [2.05, 4.69) is 28.6 Å². The van der Waals surface area contributed by atoms with E-state index in [-0.39, 0.29) is 12.3 Å². The van der Waals surface area contributed by atoms with Gasteiger partial charge in [0.05, 0.1) is 13.0 Å². The van der Waals surface area contributed by atoms with Crippen LogP contribution in [-0.2, 0) is 24.0 Å². The van der Waals surface area contributed by atoms with Crippen LogP contribution in [0.4, 0.5) is 0 Å². The first kappa shape index (κ1) is 21.7. The van der Waals surface area contributed by atoms with Gasteiger partial charge in [-0.05, 0) is 6.92 Å². The molecular formula is C12H21N5O6S. The Balaban J connectivity index is 4.71. The zero-order valence-corrected chi connectivity index (χ0v) is 13.8. The fraction of sp³-hybridized carbons (Fsp3) is 0.583. The molecule has 4 amide bonds. The maximum absolute atomic E-state index is 12.0. The molecule has 0 rings (SSSR count). The van der Waals surface area contributed by atoms with Crippen molar-refractivity contribution in [1.82, 2.24) is 16.0 Å². The maximum Gasteiger partial charge on any atom is 0.326 e. The van der Waals surface area contributed by atoms with Gasteiger partial charge in [0.2, 0.25) is 23.6 Å². The Morgan fingerprint density at radius 1 is 1.04 bits per heavy atom. The lowest BCUT2D eigenvalue weighted by Gasteiger charge is -2.21. The molecule has 0 aliphatic rings. The molecular weight excluding hydrogens is 342 g/mol. The molecule has 0 saturated heterocycles. The number of nitrogens with two attached hydrogens (primary N) is 2. The SMILES string of the molecule is CC(NC(=O)C(CS)NC(=O)CN)C(=O)NC(CC(N)=O)C(=O)O. The smallest absolute Gasteiger partial charge is 0.326 e. The molecule has 0 aliphatic carbocycles. The van der Waals surface area contributed by atoms with Crippen molar-refractivity contribution in [2.24, 2.45) is 11.5 Å². The van der Waals surface area contributed by atoms with Crippen molar-refractivity contribution in [3.8, 4) is 0 Å². The minimum absolute atomic E-state index is 0.0364. The Hall–Kier alpha value is -2.34. The summed E-state index contributed by atoms with van der Waals surface area (Å²) in [6.45, 7) is 0.984. The number of rotatable bonds is 10. The second-order valence-electron chi connectivity index (χ2n) is 4.81. The molecule has 3 unspecified atom stereocenters. The number of hydrogen-bond acceptors (Lipinski definition) is 7. The number of thiol groups is 1. The van der Waals surface area contributed by atoms with E-state index in [4.69, 9.17) is 16.6 Å². The number of aliphatic carboxylic acids is 1. The maximum atomic E-state index is 12.0. The summed E-state index contributed by atoms with van der Waals surface area (Å²) in [6, 6.07) is -3.64. The first-order valence-corrected chi connectivity index (χ1v) is 7.47. The predicted molar refractivity (Wildman–Crippen MR) is 85.8 cm³/mol. The molecule has 24 heavy (non-hydrogen) atoms. The van der Waals surface area contributed by atoms with Crippen LogP contribution < -0.4 is 27.4 Å². The van der Waals surface area contributed by atoms with Crippen LogP contribution >= 0.6 is 12.6 Å². The molecule has 0 aromatic heterocycles. The minimum atomic E-state index is -1.51. The molecule has 0 fully saturated rings. The molecule has 0 saturated carbocycles. The highest BCUT2D eigenvalue weighted by atomic mass is 32.1. The largest absolute Gasteiger partial charge is 0.480 e. The van der Waals surface area contributed by atoms with Crippen LogP contribution in [0.3, 0.4) is 0 Å². The van der Waals surface area contributed by atoms with E-state index >= 15 is 0 Å².